The van der Waals surface area contributed by atoms with Gasteiger partial charge in [-0.25, -0.2) is 14.6 Å². The molecule has 0 saturated carbocycles. The quantitative estimate of drug-likeness (QED) is 0.814. The normalized spacial score (nSPS) is 12.8. The molecule has 0 fully saturated rings. The second kappa shape index (κ2) is 6.47. The molecule has 2 rings (SSSR count). The van der Waals surface area contributed by atoms with Crippen LogP contribution in [0.25, 0.3) is 0 Å². The van der Waals surface area contributed by atoms with Gasteiger partial charge < -0.3 is 10.3 Å². The zero-order valence-corrected chi connectivity index (χ0v) is 11.7. The summed E-state index contributed by atoms with van der Waals surface area (Å²) in [6.07, 6.45) is 8.21. The van der Waals surface area contributed by atoms with Crippen molar-refractivity contribution in [1.29, 1.82) is 0 Å². The van der Waals surface area contributed by atoms with E-state index in [9.17, 15) is 0 Å². The van der Waals surface area contributed by atoms with Gasteiger partial charge in [0.25, 0.3) is 0 Å². The lowest BCUT2D eigenvalue weighted by molar-refractivity contribution is 0.539. The third-order valence-corrected chi connectivity index (χ3v) is 3.21. The van der Waals surface area contributed by atoms with Gasteiger partial charge in [0.1, 0.15) is 18.0 Å². The Hall–Kier alpha value is -1.69. The molecule has 0 bridgehead atoms. The molecular weight excluding hydrogens is 240 g/mol. The maximum atomic E-state index is 6.00. The van der Waals surface area contributed by atoms with Gasteiger partial charge in [-0.05, 0) is 12.8 Å². The summed E-state index contributed by atoms with van der Waals surface area (Å²) in [4.78, 5) is 8.71. The largest absolute Gasteiger partial charge is 0.327 e. The van der Waals surface area contributed by atoms with Crippen molar-refractivity contribution in [1.82, 2.24) is 24.3 Å². The number of rotatable bonds is 7. The minimum atomic E-state index is 0.162. The van der Waals surface area contributed by atoms with E-state index in [0.29, 0.717) is 6.54 Å². The van der Waals surface area contributed by atoms with Crippen molar-refractivity contribution in [2.75, 3.05) is 0 Å². The first-order chi connectivity index (χ1) is 9.24. The van der Waals surface area contributed by atoms with Gasteiger partial charge in [-0.3, -0.25) is 0 Å². The number of aryl methyl sites for hydroxylation is 1. The van der Waals surface area contributed by atoms with E-state index in [1.807, 2.05) is 17.1 Å². The molecular formula is C13H22N6. The molecule has 104 valence electrons. The molecule has 0 aliphatic carbocycles. The average molecular weight is 262 g/mol. The topological polar surface area (TPSA) is 74.5 Å². The van der Waals surface area contributed by atoms with Crippen LogP contribution in [0, 0.1) is 0 Å². The summed E-state index contributed by atoms with van der Waals surface area (Å²) in [5.74, 6) is 1.98. The molecule has 0 radical (unpaired) electrons. The van der Waals surface area contributed by atoms with E-state index in [1.54, 1.807) is 6.33 Å². The first kappa shape index (κ1) is 13.7. The predicted molar refractivity (Wildman–Crippen MR) is 73.6 cm³/mol. The molecule has 6 heteroatoms. The molecule has 0 saturated heterocycles. The van der Waals surface area contributed by atoms with Crippen LogP contribution in [-0.4, -0.2) is 30.4 Å². The maximum absolute atomic E-state index is 6.00. The van der Waals surface area contributed by atoms with E-state index in [-0.39, 0.29) is 6.04 Å². The van der Waals surface area contributed by atoms with Crippen molar-refractivity contribution in [3.05, 3.63) is 30.4 Å². The minimum absolute atomic E-state index is 0.162. The Labute approximate surface area is 113 Å². The summed E-state index contributed by atoms with van der Waals surface area (Å²) < 4.78 is 4.05. The highest BCUT2D eigenvalue weighted by atomic mass is 15.3. The van der Waals surface area contributed by atoms with Crippen LogP contribution in [0.1, 0.15) is 38.3 Å². The molecule has 0 amide bonds. The van der Waals surface area contributed by atoms with Crippen molar-refractivity contribution in [2.45, 2.75) is 52.2 Å². The van der Waals surface area contributed by atoms with E-state index in [0.717, 1.165) is 37.5 Å². The maximum Gasteiger partial charge on any atom is 0.146 e. The molecule has 0 spiro atoms. The first-order valence-corrected chi connectivity index (χ1v) is 6.86. The van der Waals surface area contributed by atoms with Gasteiger partial charge in [0.05, 0.1) is 6.54 Å². The summed E-state index contributed by atoms with van der Waals surface area (Å²) in [5.41, 5.74) is 6.00. The van der Waals surface area contributed by atoms with Crippen LogP contribution < -0.4 is 5.73 Å². The highest BCUT2D eigenvalue weighted by molar-refractivity contribution is 4.99. The number of nitrogens with zero attached hydrogens (tertiary/aromatic N) is 5. The Kier molecular flexibility index (Phi) is 4.68. The molecule has 2 heterocycles. The number of hydrogen-bond acceptors (Lipinski definition) is 4. The lowest BCUT2D eigenvalue weighted by Gasteiger charge is -2.11. The van der Waals surface area contributed by atoms with E-state index in [1.165, 1.54) is 0 Å². The predicted octanol–water partition coefficient (Wildman–Crippen LogP) is 1.21. The van der Waals surface area contributed by atoms with Gasteiger partial charge in [0.15, 0.2) is 0 Å². The Balaban J connectivity index is 2.10. The Bertz CT molecular complexity index is 501. The molecule has 2 N–H and O–H groups in total. The Morgan fingerprint density at radius 3 is 2.84 bits per heavy atom. The molecule has 2 aromatic heterocycles. The van der Waals surface area contributed by atoms with Crippen LogP contribution in [0.4, 0.5) is 0 Å². The van der Waals surface area contributed by atoms with Gasteiger partial charge in [-0.2, -0.15) is 5.10 Å². The van der Waals surface area contributed by atoms with Crippen LogP contribution in [0.3, 0.4) is 0 Å². The highest BCUT2D eigenvalue weighted by Crippen LogP contribution is 2.06. The van der Waals surface area contributed by atoms with Crippen molar-refractivity contribution in [3.63, 3.8) is 0 Å². The fourth-order valence-corrected chi connectivity index (χ4v) is 2.01. The second-order valence-corrected chi connectivity index (χ2v) is 4.74. The molecule has 0 aliphatic heterocycles. The lowest BCUT2D eigenvalue weighted by Crippen LogP contribution is -2.24. The van der Waals surface area contributed by atoms with Crippen molar-refractivity contribution >= 4 is 0 Å². The Morgan fingerprint density at radius 1 is 1.26 bits per heavy atom. The SMILES string of the molecule is CCCn1ncnc1Cn1ccnc1CC(N)CC. The van der Waals surface area contributed by atoms with E-state index < -0.39 is 0 Å². The van der Waals surface area contributed by atoms with Crippen molar-refractivity contribution in [2.24, 2.45) is 5.73 Å². The van der Waals surface area contributed by atoms with Gasteiger partial charge in [-0.15, -0.1) is 0 Å². The van der Waals surface area contributed by atoms with Gasteiger partial charge in [-0.1, -0.05) is 13.8 Å². The van der Waals surface area contributed by atoms with Gasteiger partial charge in [0, 0.05) is 31.4 Å². The first-order valence-electron chi connectivity index (χ1n) is 6.86. The number of imidazole rings is 1. The fourth-order valence-electron chi connectivity index (χ4n) is 2.01. The van der Waals surface area contributed by atoms with Gasteiger partial charge in [0.2, 0.25) is 0 Å². The van der Waals surface area contributed by atoms with E-state index in [2.05, 4.69) is 33.5 Å². The summed E-state index contributed by atoms with van der Waals surface area (Å²) in [7, 11) is 0. The van der Waals surface area contributed by atoms with E-state index in [4.69, 9.17) is 5.73 Å². The third kappa shape index (κ3) is 3.41. The molecule has 0 aliphatic rings. The highest BCUT2D eigenvalue weighted by Gasteiger charge is 2.10. The Morgan fingerprint density at radius 2 is 2.11 bits per heavy atom. The number of nitrogens with two attached hydrogens (primary N) is 1. The number of hydrogen-bond donors (Lipinski definition) is 1. The standard InChI is InChI=1S/C13H22N6/c1-3-6-19-13(16-10-17-19)9-18-7-5-15-12(18)8-11(14)4-2/h5,7,10-11H,3-4,6,8-9,14H2,1-2H3. The molecule has 0 aromatic carbocycles. The van der Waals surface area contributed by atoms with Crippen LogP contribution in [0.15, 0.2) is 18.7 Å². The second-order valence-electron chi connectivity index (χ2n) is 4.74. The van der Waals surface area contributed by atoms with Crippen LogP contribution >= 0.6 is 0 Å². The van der Waals surface area contributed by atoms with Gasteiger partial charge >= 0.3 is 0 Å². The monoisotopic (exact) mass is 262 g/mol. The summed E-state index contributed by atoms with van der Waals surface area (Å²) >= 11 is 0. The van der Waals surface area contributed by atoms with Crippen molar-refractivity contribution < 1.29 is 0 Å². The average Bonchev–Trinajstić information content (AvgIpc) is 3.01. The third-order valence-electron chi connectivity index (χ3n) is 3.21. The molecule has 19 heavy (non-hydrogen) atoms. The minimum Gasteiger partial charge on any atom is -0.327 e. The zero-order chi connectivity index (χ0) is 13.7. The molecule has 2 aromatic rings. The van der Waals surface area contributed by atoms with Crippen molar-refractivity contribution in [3.8, 4) is 0 Å². The molecule has 6 nitrogen and oxygen atoms in total. The smallest absolute Gasteiger partial charge is 0.146 e. The summed E-state index contributed by atoms with van der Waals surface area (Å²) in [6.45, 7) is 5.82. The molecule has 1 unspecified atom stereocenters. The molecule has 1 atom stereocenters. The summed E-state index contributed by atoms with van der Waals surface area (Å²) in [5, 5.41) is 4.24. The number of aromatic nitrogens is 5. The van der Waals surface area contributed by atoms with E-state index >= 15 is 0 Å². The van der Waals surface area contributed by atoms with Crippen LogP contribution in [0.5, 0.6) is 0 Å². The summed E-state index contributed by atoms with van der Waals surface area (Å²) in [6, 6.07) is 0.162. The zero-order valence-electron chi connectivity index (χ0n) is 11.7. The fraction of sp³-hybridized carbons (Fsp3) is 0.615. The van der Waals surface area contributed by atoms with Crippen LogP contribution in [-0.2, 0) is 19.5 Å². The lowest BCUT2D eigenvalue weighted by atomic mass is 10.1. The van der Waals surface area contributed by atoms with Crippen LogP contribution in [0.2, 0.25) is 0 Å².